The molecule has 2 aromatic carbocycles. The van der Waals surface area contributed by atoms with Gasteiger partial charge >= 0.3 is 0 Å². The van der Waals surface area contributed by atoms with Gasteiger partial charge < -0.3 is 9.47 Å². The summed E-state index contributed by atoms with van der Waals surface area (Å²) >= 11 is 0. The van der Waals surface area contributed by atoms with E-state index >= 15 is 0 Å². The lowest BCUT2D eigenvalue weighted by atomic mass is 10.1. The van der Waals surface area contributed by atoms with Crippen LogP contribution in [0.1, 0.15) is 6.42 Å². The lowest BCUT2D eigenvalue weighted by Crippen LogP contribution is -2.40. The lowest BCUT2D eigenvalue weighted by molar-refractivity contribution is -0.121. The van der Waals surface area contributed by atoms with Gasteiger partial charge in [0.25, 0.3) is 29.4 Å². The minimum absolute atomic E-state index is 0.393. The van der Waals surface area contributed by atoms with Gasteiger partial charge in [0.1, 0.15) is 11.5 Å². The molecule has 8 heteroatoms. The maximum atomic E-state index is 11.9. The second-order valence-electron chi connectivity index (χ2n) is 7.69. The Morgan fingerprint density at radius 1 is 0.588 bits per heavy atom. The largest absolute Gasteiger partial charge is 0.448 e. The first-order chi connectivity index (χ1) is 16.4. The lowest BCUT2D eigenvalue weighted by Gasteiger charge is -2.32. The Morgan fingerprint density at radius 2 is 1.00 bits per heavy atom. The summed E-state index contributed by atoms with van der Waals surface area (Å²) in [4.78, 5) is 49.7. The number of carbonyl (C=O) groups excluding carboxylic acids is 4. The van der Waals surface area contributed by atoms with E-state index in [0.29, 0.717) is 29.3 Å². The fraction of sp³-hybridized carbons (Fsp3) is 0.0769. The highest BCUT2D eigenvalue weighted by Crippen LogP contribution is 2.32. The molecule has 0 saturated heterocycles. The molecule has 2 aromatic rings. The molecule has 0 saturated carbocycles. The van der Waals surface area contributed by atoms with Gasteiger partial charge in [0.15, 0.2) is 0 Å². The van der Waals surface area contributed by atoms with Gasteiger partial charge in [-0.15, -0.1) is 0 Å². The van der Waals surface area contributed by atoms with Crippen LogP contribution in [0.4, 0.5) is 11.4 Å². The quantitative estimate of drug-likeness (QED) is 0.492. The van der Waals surface area contributed by atoms with Crippen molar-refractivity contribution in [2.75, 3.05) is 9.80 Å². The van der Waals surface area contributed by atoms with Crippen LogP contribution in [0.15, 0.2) is 97.1 Å². The van der Waals surface area contributed by atoms with Gasteiger partial charge in [0.05, 0.1) is 11.4 Å². The van der Waals surface area contributed by atoms with Crippen LogP contribution < -0.4 is 19.3 Å². The number of rotatable bonds is 6. The van der Waals surface area contributed by atoms with Crippen LogP contribution in [0, 0.1) is 0 Å². The predicted molar refractivity (Wildman–Crippen MR) is 123 cm³/mol. The number of imide groups is 2. The van der Waals surface area contributed by atoms with Crippen LogP contribution in [0.2, 0.25) is 0 Å². The molecule has 0 aromatic heterocycles. The molecule has 5 rings (SSSR count). The van der Waals surface area contributed by atoms with Crippen LogP contribution in [0.3, 0.4) is 0 Å². The Morgan fingerprint density at radius 3 is 1.35 bits per heavy atom. The third-order valence-corrected chi connectivity index (χ3v) is 5.39. The average Bonchev–Trinajstić information content (AvgIpc) is 3.35. The zero-order valence-electron chi connectivity index (χ0n) is 17.8. The number of nitrogens with zero attached hydrogens (tertiary/aromatic N) is 2. The molecule has 2 heterocycles. The fourth-order valence-electron chi connectivity index (χ4n) is 3.79. The van der Waals surface area contributed by atoms with Crippen LogP contribution >= 0.6 is 0 Å². The van der Waals surface area contributed by atoms with Gasteiger partial charge in [-0.25, -0.2) is 9.80 Å². The number of amides is 4. The molecule has 0 bridgehead atoms. The Bertz CT molecular complexity index is 1180. The predicted octanol–water partition coefficient (Wildman–Crippen LogP) is 3.22. The topological polar surface area (TPSA) is 93.2 Å². The summed E-state index contributed by atoms with van der Waals surface area (Å²) in [6.45, 7) is 0. The number of benzene rings is 2. The number of hydrogen-bond donors (Lipinski definition) is 0. The number of hydrogen-bond acceptors (Lipinski definition) is 6. The molecule has 4 amide bonds. The van der Waals surface area contributed by atoms with Crippen molar-refractivity contribution in [3.05, 3.63) is 97.1 Å². The van der Waals surface area contributed by atoms with E-state index in [1.807, 2.05) is 18.2 Å². The van der Waals surface area contributed by atoms with E-state index in [9.17, 15) is 19.2 Å². The molecule has 34 heavy (non-hydrogen) atoms. The highest BCUT2D eigenvalue weighted by atomic mass is 16.7. The summed E-state index contributed by atoms with van der Waals surface area (Å²) in [7, 11) is 0. The van der Waals surface area contributed by atoms with Crippen molar-refractivity contribution < 1.29 is 28.7 Å². The molecule has 0 N–H and O–H groups in total. The minimum Gasteiger partial charge on any atom is -0.448 e. The molecular weight excluding hydrogens is 436 g/mol. The number of allylic oxidation sites excluding steroid dienone is 2. The molecule has 8 nitrogen and oxygen atoms in total. The van der Waals surface area contributed by atoms with Crippen molar-refractivity contribution in [3.63, 3.8) is 0 Å². The molecule has 0 unspecified atom stereocenters. The van der Waals surface area contributed by atoms with Crippen molar-refractivity contribution in [1.82, 2.24) is 0 Å². The molecule has 1 aliphatic carbocycles. The highest BCUT2D eigenvalue weighted by Gasteiger charge is 2.33. The fourth-order valence-corrected chi connectivity index (χ4v) is 3.79. The molecule has 168 valence electrons. The normalized spacial score (nSPS) is 18.4. The molecule has 0 fully saturated rings. The standard InChI is InChI=1S/C26H18N2O6/c29-22-12-13-23(30)27(22)18-4-8-20(9-5-18)33-26(16-2-1-3-17-26)34-21-10-6-19(7-11-21)28-24(31)14-15-25(28)32/h1-16H,17H2. The van der Waals surface area contributed by atoms with Gasteiger partial charge in [0.2, 0.25) is 0 Å². The maximum Gasteiger partial charge on any atom is 0.274 e. The Balaban J connectivity index is 1.33. The number of anilines is 2. The van der Waals surface area contributed by atoms with Crippen LogP contribution in [-0.4, -0.2) is 29.4 Å². The second kappa shape index (κ2) is 8.32. The summed E-state index contributed by atoms with van der Waals surface area (Å²) in [5.41, 5.74) is 0.884. The minimum atomic E-state index is -1.14. The van der Waals surface area contributed by atoms with E-state index in [-0.39, 0.29) is 0 Å². The molecule has 3 aliphatic rings. The highest BCUT2D eigenvalue weighted by molar-refractivity contribution is 6.28. The summed E-state index contributed by atoms with van der Waals surface area (Å²) in [6, 6.07) is 13.1. The number of ether oxygens (including phenoxy) is 2. The average molecular weight is 454 g/mol. The first-order valence-electron chi connectivity index (χ1n) is 10.5. The van der Waals surface area contributed by atoms with Gasteiger partial charge in [0, 0.05) is 30.7 Å². The van der Waals surface area contributed by atoms with Crippen LogP contribution in [0.25, 0.3) is 0 Å². The molecule has 0 spiro atoms. The smallest absolute Gasteiger partial charge is 0.274 e. The van der Waals surface area contributed by atoms with Crippen LogP contribution in [-0.2, 0) is 19.2 Å². The SMILES string of the molecule is O=C1C=CC(=O)N1c1ccc(OC2(Oc3ccc(N4C(=O)C=CC4=O)cc3)C=CC=CC2)cc1. The van der Waals surface area contributed by atoms with E-state index in [1.54, 1.807) is 54.6 Å². The first kappa shape index (κ1) is 21.1. The summed E-state index contributed by atoms with van der Waals surface area (Å²) < 4.78 is 12.4. The van der Waals surface area contributed by atoms with Crippen molar-refractivity contribution in [3.8, 4) is 11.5 Å². The monoisotopic (exact) mass is 454 g/mol. The molecule has 0 radical (unpaired) electrons. The van der Waals surface area contributed by atoms with Crippen molar-refractivity contribution in [1.29, 1.82) is 0 Å². The third kappa shape index (κ3) is 3.93. The van der Waals surface area contributed by atoms with E-state index in [2.05, 4.69) is 0 Å². The summed E-state index contributed by atoms with van der Waals surface area (Å²) in [5.74, 6) is -1.76. The van der Waals surface area contributed by atoms with Gasteiger partial charge in [-0.3, -0.25) is 19.2 Å². The summed E-state index contributed by atoms with van der Waals surface area (Å²) in [6.07, 6.45) is 12.7. The summed E-state index contributed by atoms with van der Waals surface area (Å²) in [5, 5.41) is 0. The maximum absolute atomic E-state index is 11.9. The molecule has 2 aliphatic heterocycles. The van der Waals surface area contributed by atoms with E-state index < -0.39 is 29.4 Å². The van der Waals surface area contributed by atoms with Gasteiger partial charge in [-0.2, -0.15) is 0 Å². The first-order valence-corrected chi connectivity index (χ1v) is 10.5. The van der Waals surface area contributed by atoms with E-state index in [1.165, 1.54) is 24.3 Å². The Kier molecular flexibility index (Phi) is 5.18. The van der Waals surface area contributed by atoms with Gasteiger partial charge in [-0.05, 0) is 54.6 Å². The van der Waals surface area contributed by atoms with Crippen molar-refractivity contribution in [2.24, 2.45) is 0 Å². The molecular formula is C26H18N2O6. The van der Waals surface area contributed by atoms with Crippen LogP contribution in [0.5, 0.6) is 11.5 Å². The zero-order chi connectivity index (χ0) is 23.7. The Hall–Kier alpha value is -4.72. The second-order valence-corrected chi connectivity index (χ2v) is 7.69. The van der Waals surface area contributed by atoms with Crippen molar-refractivity contribution >= 4 is 35.0 Å². The number of carbonyl (C=O) groups is 4. The van der Waals surface area contributed by atoms with E-state index in [0.717, 1.165) is 9.80 Å². The zero-order valence-corrected chi connectivity index (χ0v) is 17.8. The van der Waals surface area contributed by atoms with Gasteiger partial charge in [-0.1, -0.05) is 18.2 Å². The Labute approximate surface area is 194 Å². The van der Waals surface area contributed by atoms with Crippen molar-refractivity contribution in [2.45, 2.75) is 12.2 Å². The third-order valence-electron chi connectivity index (χ3n) is 5.39. The van der Waals surface area contributed by atoms with E-state index in [4.69, 9.17) is 9.47 Å². The molecule has 0 atom stereocenters.